The van der Waals surface area contributed by atoms with Gasteiger partial charge >= 0.3 is 5.97 Å². The molecule has 1 aromatic heterocycles. The van der Waals surface area contributed by atoms with Crippen LogP contribution in [0.1, 0.15) is 27.7 Å². The van der Waals surface area contributed by atoms with Gasteiger partial charge in [-0.15, -0.1) is 11.3 Å². The first-order valence-electron chi connectivity index (χ1n) is 6.99. The molecule has 21 heavy (non-hydrogen) atoms. The fraction of sp³-hybridized carbons (Fsp3) is 0.167. The Hall–Kier alpha value is -2.13. The standard InChI is InChI=1S/C18H16O2S/c1-2-20-18(19)16-10-11-21-17(16)12-14-8-5-7-13-6-3-4-9-15(13)14/h3-11H,2,12H2,1H3. The number of hydrogen-bond acceptors (Lipinski definition) is 3. The second kappa shape index (κ2) is 6.10. The highest BCUT2D eigenvalue weighted by molar-refractivity contribution is 7.10. The monoisotopic (exact) mass is 296 g/mol. The summed E-state index contributed by atoms with van der Waals surface area (Å²) in [6.45, 7) is 2.23. The van der Waals surface area contributed by atoms with E-state index in [1.54, 1.807) is 11.3 Å². The predicted octanol–water partition coefficient (Wildman–Crippen LogP) is 4.67. The fourth-order valence-corrected chi connectivity index (χ4v) is 3.37. The number of rotatable bonds is 4. The summed E-state index contributed by atoms with van der Waals surface area (Å²) in [5.74, 6) is -0.228. The fourth-order valence-electron chi connectivity index (χ4n) is 2.49. The number of fused-ring (bicyclic) bond motifs is 1. The Morgan fingerprint density at radius 2 is 1.90 bits per heavy atom. The predicted molar refractivity (Wildman–Crippen MR) is 87.0 cm³/mol. The van der Waals surface area contributed by atoms with E-state index in [4.69, 9.17) is 4.74 Å². The van der Waals surface area contributed by atoms with Crippen molar-refractivity contribution in [2.75, 3.05) is 6.61 Å². The number of thiophene rings is 1. The van der Waals surface area contributed by atoms with E-state index >= 15 is 0 Å². The van der Waals surface area contributed by atoms with E-state index in [2.05, 4.69) is 30.3 Å². The summed E-state index contributed by atoms with van der Waals surface area (Å²) in [7, 11) is 0. The summed E-state index contributed by atoms with van der Waals surface area (Å²) < 4.78 is 5.12. The number of benzene rings is 2. The molecule has 1 heterocycles. The van der Waals surface area contributed by atoms with E-state index in [0.717, 1.165) is 11.3 Å². The van der Waals surface area contributed by atoms with E-state index in [1.165, 1.54) is 16.3 Å². The first kappa shape index (κ1) is 13.8. The summed E-state index contributed by atoms with van der Waals surface area (Å²) in [5.41, 5.74) is 1.93. The van der Waals surface area contributed by atoms with Crippen molar-refractivity contribution in [1.82, 2.24) is 0 Å². The first-order chi connectivity index (χ1) is 10.3. The highest BCUT2D eigenvalue weighted by Gasteiger charge is 2.14. The van der Waals surface area contributed by atoms with E-state index < -0.39 is 0 Å². The number of carbonyl (C=O) groups excluding carboxylic acids is 1. The molecule has 2 aromatic carbocycles. The van der Waals surface area contributed by atoms with Crippen LogP contribution in [0.5, 0.6) is 0 Å². The summed E-state index contributed by atoms with van der Waals surface area (Å²) >= 11 is 1.61. The molecule has 2 nitrogen and oxygen atoms in total. The molecule has 0 bridgehead atoms. The van der Waals surface area contributed by atoms with Gasteiger partial charge in [0.25, 0.3) is 0 Å². The van der Waals surface area contributed by atoms with Gasteiger partial charge in [0.1, 0.15) is 0 Å². The van der Waals surface area contributed by atoms with Crippen LogP contribution in [0.4, 0.5) is 0 Å². The third-order valence-electron chi connectivity index (χ3n) is 3.47. The molecule has 0 aliphatic rings. The zero-order chi connectivity index (χ0) is 14.7. The Labute approximate surface area is 128 Å². The van der Waals surface area contributed by atoms with Crippen molar-refractivity contribution in [3.05, 3.63) is 69.9 Å². The van der Waals surface area contributed by atoms with Gasteiger partial charge in [0.05, 0.1) is 12.2 Å². The van der Waals surface area contributed by atoms with Crippen molar-refractivity contribution in [3.63, 3.8) is 0 Å². The van der Waals surface area contributed by atoms with E-state index in [1.807, 2.05) is 30.5 Å². The topological polar surface area (TPSA) is 26.3 Å². The Morgan fingerprint density at radius 1 is 1.10 bits per heavy atom. The molecule has 0 amide bonds. The minimum absolute atomic E-state index is 0.228. The van der Waals surface area contributed by atoms with Gasteiger partial charge in [-0.05, 0) is 34.7 Å². The number of esters is 1. The highest BCUT2D eigenvalue weighted by Crippen LogP contribution is 2.26. The van der Waals surface area contributed by atoms with Crippen molar-refractivity contribution in [2.24, 2.45) is 0 Å². The molecule has 0 aliphatic carbocycles. The van der Waals surface area contributed by atoms with Crippen LogP contribution < -0.4 is 0 Å². The van der Waals surface area contributed by atoms with Crippen LogP contribution in [-0.2, 0) is 11.2 Å². The van der Waals surface area contributed by atoms with E-state index in [0.29, 0.717) is 12.2 Å². The van der Waals surface area contributed by atoms with Crippen LogP contribution in [0.15, 0.2) is 53.9 Å². The van der Waals surface area contributed by atoms with Gasteiger partial charge in [0.15, 0.2) is 0 Å². The smallest absolute Gasteiger partial charge is 0.339 e. The highest BCUT2D eigenvalue weighted by atomic mass is 32.1. The maximum absolute atomic E-state index is 12.0. The second-order valence-corrected chi connectivity index (χ2v) is 5.79. The van der Waals surface area contributed by atoms with Gasteiger partial charge in [0, 0.05) is 11.3 Å². The molecule has 3 aromatic rings. The Bertz CT molecular complexity index is 768. The summed E-state index contributed by atoms with van der Waals surface area (Å²) in [5, 5.41) is 4.42. The van der Waals surface area contributed by atoms with Crippen LogP contribution in [-0.4, -0.2) is 12.6 Å². The van der Waals surface area contributed by atoms with Gasteiger partial charge in [-0.1, -0.05) is 42.5 Å². The average molecular weight is 296 g/mol. The molecule has 0 spiro atoms. The molecule has 0 unspecified atom stereocenters. The molecule has 3 rings (SSSR count). The molecule has 0 N–H and O–H groups in total. The van der Waals surface area contributed by atoms with Gasteiger partial charge in [0.2, 0.25) is 0 Å². The van der Waals surface area contributed by atoms with Crippen molar-refractivity contribution >= 4 is 28.1 Å². The van der Waals surface area contributed by atoms with Crippen molar-refractivity contribution in [3.8, 4) is 0 Å². The summed E-state index contributed by atoms with van der Waals surface area (Å²) in [6, 6.07) is 16.5. The number of hydrogen-bond donors (Lipinski definition) is 0. The molecule has 0 fully saturated rings. The lowest BCUT2D eigenvalue weighted by Gasteiger charge is -2.07. The van der Waals surface area contributed by atoms with Crippen LogP contribution in [0.25, 0.3) is 10.8 Å². The van der Waals surface area contributed by atoms with Crippen molar-refractivity contribution in [1.29, 1.82) is 0 Å². The second-order valence-electron chi connectivity index (χ2n) is 4.79. The lowest BCUT2D eigenvalue weighted by atomic mass is 10.0. The molecular weight excluding hydrogens is 280 g/mol. The molecule has 3 heteroatoms. The van der Waals surface area contributed by atoms with Crippen molar-refractivity contribution in [2.45, 2.75) is 13.3 Å². The largest absolute Gasteiger partial charge is 0.462 e. The lowest BCUT2D eigenvalue weighted by molar-refractivity contribution is 0.0526. The normalized spacial score (nSPS) is 10.7. The molecule has 0 saturated heterocycles. The summed E-state index contributed by atoms with van der Waals surface area (Å²) in [4.78, 5) is 13.0. The van der Waals surface area contributed by atoms with Crippen LogP contribution in [0, 0.1) is 0 Å². The maximum atomic E-state index is 12.0. The van der Waals surface area contributed by atoms with Crippen molar-refractivity contribution < 1.29 is 9.53 Å². The zero-order valence-electron chi connectivity index (χ0n) is 11.8. The quantitative estimate of drug-likeness (QED) is 0.654. The Kier molecular flexibility index (Phi) is 4.02. The van der Waals surface area contributed by atoms with Gasteiger partial charge in [-0.25, -0.2) is 4.79 Å². The van der Waals surface area contributed by atoms with Gasteiger partial charge in [-0.3, -0.25) is 0 Å². The SMILES string of the molecule is CCOC(=O)c1ccsc1Cc1cccc2ccccc12. The molecule has 0 aliphatic heterocycles. The molecule has 0 saturated carbocycles. The van der Waals surface area contributed by atoms with Gasteiger partial charge < -0.3 is 4.74 Å². The van der Waals surface area contributed by atoms with Crippen LogP contribution in [0.3, 0.4) is 0 Å². The van der Waals surface area contributed by atoms with E-state index in [9.17, 15) is 4.79 Å². The molecule has 0 radical (unpaired) electrons. The third kappa shape index (κ3) is 2.83. The molecular formula is C18H16O2S. The minimum atomic E-state index is -0.228. The van der Waals surface area contributed by atoms with Gasteiger partial charge in [-0.2, -0.15) is 0 Å². The maximum Gasteiger partial charge on any atom is 0.339 e. The van der Waals surface area contributed by atoms with E-state index in [-0.39, 0.29) is 5.97 Å². The lowest BCUT2D eigenvalue weighted by Crippen LogP contribution is -2.06. The number of carbonyl (C=O) groups is 1. The minimum Gasteiger partial charge on any atom is -0.462 e. The third-order valence-corrected chi connectivity index (χ3v) is 4.39. The number of ether oxygens (including phenoxy) is 1. The van der Waals surface area contributed by atoms with Crippen LogP contribution in [0.2, 0.25) is 0 Å². The van der Waals surface area contributed by atoms with Crippen LogP contribution >= 0.6 is 11.3 Å². The first-order valence-corrected chi connectivity index (χ1v) is 7.87. The average Bonchev–Trinajstić information content (AvgIpc) is 2.96. The Balaban J connectivity index is 1.96. The Morgan fingerprint density at radius 3 is 2.76 bits per heavy atom. The molecule has 0 atom stereocenters. The molecule has 106 valence electrons. The zero-order valence-corrected chi connectivity index (χ0v) is 12.7. The summed E-state index contributed by atoms with van der Waals surface area (Å²) in [6.07, 6.45) is 0.757.